The van der Waals surface area contributed by atoms with E-state index in [0.29, 0.717) is 34.6 Å². The third kappa shape index (κ3) is 4.09. The van der Waals surface area contributed by atoms with Gasteiger partial charge in [-0.1, -0.05) is 6.07 Å². The number of nitro groups is 1. The van der Waals surface area contributed by atoms with E-state index in [4.69, 9.17) is 9.47 Å². The number of pyridine rings is 1. The Kier molecular flexibility index (Phi) is 6.01. The van der Waals surface area contributed by atoms with Crippen LogP contribution in [0.4, 0.5) is 5.69 Å². The lowest BCUT2D eigenvalue weighted by atomic mass is 10.1. The van der Waals surface area contributed by atoms with Crippen LogP contribution in [0, 0.1) is 17.0 Å². The quantitative estimate of drug-likeness (QED) is 0.455. The number of methoxy groups -OCH3 is 2. The topological polar surface area (TPSA) is 124 Å². The van der Waals surface area contributed by atoms with Crippen LogP contribution in [0.1, 0.15) is 21.5 Å². The number of aromatic amines is 1. The first-order valence-electron chi connectivity index (χ1n) is 9.15. The highest BCUT2D eigenvalue weighted by Gasteiger charge is 2.17. The summed E-state index contributed by atoms with van der Waals surface area (Å²) in [6, 6.07) is 9.53. The van der Waals surface area contributed by atoms with E-state index in [1.807, 2.05) is 0 Å². The molecule has 0 spiro atoms. The maximum Gasteiger partial charge on any atom is 0.273 e. The molecule has 30 heavy (non-hydrogen) atoms. The number of ether oxygens (including phenoxy) is 2. The number of nitrogens with zero attached hydrogens (tertiary/aromatic N) is 1. The average Bonchev–Trinajstić information content (AvgIpc) is 2.72. The van der Waals surface area contributed by atoms with Crippen molar-refractivity contribution in [3.05, 3.63) is 73.6 Å². The number of nitro benzene ring substituents is 1. The fourth-order valence-corrected chi connectivity index (χ4v) is 3.24. The lowest BCUT2D eigenvalue weighted by Crippen LogP contribution is -2.28. The van der Waals surface area contributed by atoms with Crippen LogP contribution in [0.2, 0.25) is 0 Å². The first-order chi connectivity index (χ1) is 14.3. The van der Waals surface area contributed by atoms with Crippen LogP contribution < -0.4 is 20.3 Å². The van der Waals surface area contributed by atoms with E-state index in [2.05, 4.69) is 10.3 Å². The summed E-state index contributed by atoms with van der Waals surface area (Å²) in [4.78, 5) is 38.1. The van der Waals surface area contributed by atoms with Gasteiger partial charge in [0.25, 0.3) is 17.2 Å². The summed E-state index contributed by atoms with van der Waals surface area (Å²) < 4.78 is 10.5. The van der Waals surface area contributed by atoms with Crippen LogP contribution in [-0.4, -0.2) is 36.6 Å². The van der Waals surface area contributed by atoms with Gasteiger partial charge < -0.3 is 19.8 Å². The number of hydrogen-bond acceptors (Lipinski definition) is 6. The monoisotopic (exact) mass is 411 g/mol. The van der Waals surface area contributed by atoms with Gasteiger partial charge in [0, 0.05) is 40.8 Å². The predicted molar refractivity (Wildman–Crippen MR) is 112 cm³/mol. The number of nitrogens with one attached hydrogen (secondary N) is 2. The highest BCUT2D eigenvalue weighted by atomic mass is 16.6. The SMILES string of the molecule is COc1cc2cc(CCNC(=O)c3cccc([N+](=O)[O-])c3C)c(=O)[nH]c2cc1OC. The molecule has 0 saturated heterocycles. The van der Waals surface area contributed by atoms with E-state index >= 15 is 0 Å². The predicted octanol–water partition coefficient (Wildman–Crippen LogP) is 2.73. The van der Waals surface area contributed by atoms with E-state index in [-0.39, 0.29) is 23.4 Å². The Hall–Kier alpha value is -3.88. The van der Waals surface area contributed by atoms with Gasteiger partial charge in [-0.15, -0.1) is 0 Å². The number of amides is 1. The number of hydrogen-bond donors (Lipinski definition) is 2. The Morgan fingerprint density at radius 3 is 2.53 bits per heavy atom. The van der Waals surface area contributed by atoms with E-state index in [1.54, 1.807) is 18.2 Å². The Morgan fingerprint density at radius 1 is 1.17 bits per heavy atom. The molecule has 0 atom stereocenters. The molecular formula is C21H21N3O6. The highest BCUT2D eigenvalue weighted by molar-refractivity contribution is 5.96. The number of rotatable bonds is 7. The van der Waals surface area contributed by atoms with E-state index in [1.165, 1.54) is 39.3 Å². The number of H-pyrrole nitrogens is 1. The van der Waals surface area contributed by atoms with E-state index in [9.17, 15) is 19.7 Å². The van der Waals surface area contributed by atoms with Crippen LogP contribution >= 0.6 is 0 Å². The summed E-state index contributed by atoms with van der Waals surface area (Å²) in [6.45, 7) is 1.73. The van der Waals surface area contributed by atoms with Crippen molar-refractivity contribution in [2.24, 2.45) is 0 Å². The molecule has 0 radical (unpaired) electrons. The molecule has 0 aliphatic rings. The van der Waals surface area contributed by atoms with Crippen LogP contribution in [0.5, 0.6) is 11.5 Å². The summed E-state index contributed by atoms with van der Waals surface area (Å²) in [5.74, 6) is 0.616. The van der Waals surface area contributed by atoms with Gasteiger partial charge in [-0.05, 0) is 31.5 Å². The molecule has 2 aromatic carbocycles. The van der Waals surface area contributed by atoms with E-state index < -0.39 is 10.8 Å². The van der Waals surface area contributed by atoms with Gasteiger partial charge in [-0.25, -0.2) is 0 Å². The van der Waals surface area contributed by atoms with Crippen LogP contribution in [0.3, 0.4) is 0 Å². The standard InChI is InChI=1S/C21H21N3O6/c1-12-15(5-4-6-17(12)24(27)28)21(26)22-8-7-13-9-14-10-18(29-2)19(30-3)11-16(14)23-20(13)25/h4-6,9-11H,7-8H2,1-3H3,(H,22,26)(H,23,25). The second-order valence-electron chi connectivity index (χ2n) is 6.63. The summed E-state index contributed by atoms with van der Waals surface area (Å²) >= 11 is 0. The number of fused-ring (bicyclic) bond motifs is 1. The van der Waals surface area contributed by atoms with Crippen molar-refractivity contribution in [1.82, 2.24) is 10.3 Å². The van der Waals surface area contributed by atoms with Gasteiger partial charge in [-0.3, -0.25) is 19.7 Å². The first-order valence-corrected chi connectivity index (χ1v) is 9.15. The Labute approximate surface area is 171 Å². The molecule has 2 N–H and O–H groups in total. The summed E-state index contributed by atoms with van der Waals surface area (Å²) in [6.07, 6.45) is 0.291. The Balaban J connectivity index is 1.77. The molecule has 9 heteroatoms. The lowest BCUT2D eigenvalue weighted by molar-refractivity contribution is -0.385. The van der Waals surface area contributed by atoms with Crippen LogP contribution in [-0.2, 0) is 6.42 Å². The van der Waals surface area contributed by atoms with Crippen molar-refractivity contribution < 1.29 is 19.2 Å². The van der Waals surface area contributed by atoms with Gasteiger partial charge >= 0.3 is 0 Å². The molecule has 1 amide bonds. The van der Waals surface area contributed by atoms with Gasteiger partial charge in [0.05, 0.1) is 24.7 Å². The zero-order valence-electron chi connectivity index (χ0n) is 16.8. The van der Waals surface area contributed by atoms with E-state index in [0.717, 1.165) is 5.39 Å². The fourth-order valence-electron chi connectivity index (χ4n) is 3.24. The summed E-state index contributed by atoms with van der Waals surface area (Å²) in [5, 5.41) is 14.5. The summed E-state index contributed by atoms with van der Waals surface area (Å²) in [5.41, 5.74) is 1.25. The molecule has 0 unspecified atom stereocenters. The molecule has 3 rings (SSSR count). The molecule has 1 heterocycles. The maximum atomic E-state index is 12.4. The number of carbonyl (C=O) groups excluding carboxylic acids is 1. The van der Waals surface area contributed by atoms with Crippen molar-refractivity contribution in [1.29, 1.82) is 0 Å². The van der Waals surface area contributed by atoms with Crippen molar-refractivity contribution >= 4 is 22.5 Å². The fraction of sp³-hybridized carbons (Fsp3) is 0.238. The number of benzene rings is 2. The van der Waals surface area contributed by atoms with Gasteiger partial charge in [0.2, 0.25) is 0 Å². The number of aromatic nitrogens is 1. The normalized spacial score (nSPS) is 10.6. The second-order valence-corrected chi connectivity index (χ2v) is 6.63. The van der Waals surface area contributed by atoms with Gasteiger partial charge in [0.15, 0.2) is 11.5 Å². The van der Waals surface area contributed by atoms with Gasteiger partial charge in [0.1, 0.15) is 0 Å². The minimum Gasteiger partial charge on any atom is -0.493 e. The first kappa shape index (κ1) is 20.8. The van der Waals surface area contributed by atoms with Crippen molar-refractivity contribution in [3.63, 3.8) is 0 Å². The molecule has 0 saturated carbocycles. The molecule has 1 aromatic heterocycles. The lowest BCUT2D eigenvalue weighted by Gasteiger charge is -2.11. The molecular weight excluding hydrogens is 390 g/mol. The van der Waals surface area contributed by atoms with Crippen LogP contribution in [0.15, 0.2) is 41.2 Å². The van der Waals surface area contributed by atoms with Crippen molar-refractivity contribution in [2.45, 2.75) is 13.3 Å². The molecule has 156 valence electrons. The van der Waals surface area contributed by atoms with Crippen molar-refractivity contribution in [3.8, 4) is 11.5 Å². The Morgan fingerprint density at radius 2 is 1.87 bits per heavy atom. The zero-order valence-corrected chi connectivity index (χ0v) is 16.8. The largest absolute Gasteiger partial charge is 0.493 e. The van der Waals surface area contributed by atoms with Gasteiger partial charge in [-0.2, -0.15) is 0 Å². The number of carbonyl (C=O) groups is 1. The average molecular weight is 411 g/mol. The third-order valence-corrected chi connectivity index (χ3v) is 4.85. The minimum absolute atomic E-state index is 0.113. The second kappa shape index (κ2) is 8.64. The molecule has 9 nitrogen and oxygen atoms in total. The smallest absolute Gasteiger partial charge is 0.273 e. The zero-order chi connectivity index (χ0) is 21.8. The van der Waals surface area contributed by atoms with Crippen LogP contribution in [0.25, 0.3) is 10.9 Å². The third-order valence-electron chi connectivity index (χ3n) is 4.85. The molecule has 0 bridgehead atoms. The maximum absolute atomic E-state index is 12.4. The molecule has 0 fully saturated rings. The summed E-state index contributed by atoms with van der Waals surface area (Å²) in [7, 11) is 3.05. The molecule has 0 aliphatic carbocycles. The molecule has 0 aliphatic heterocycles. The Bertz CT molecular complexity index is 1190. The highest BCUT2D eigenvalue weighted by Crippen LogP contribution is 2.31. The molecule has 3 aromatic rings. The minimum atomic E-state index is -0.524. The van der Waals surface area contributed by atoms with Crippen molar-refractivity contribution in [2.75, 3.05) is 20.8 Å².